The number of hydrogen-bond donors (Lipinski definition) is 0. The molecule has 0 spiro atoms. The van der Waals surface area contributed by atoms with Crippen LogP contribution in [0.15, 0.2) is 29.3 Å². The summed E-state index contributed by atoms with van der Waals surface area (Å²) >= 11 is 5.85. The molecule has 1 heterocycles. The molecule has 12 heavy (non-hydrogen) atoms. The van der Waals surface area contributed by atoms with E-state index in [1.54, 1.807) is 0 Å². The second-order valence-corrected chi connectivity index (χ2v) is 3.13. The first-order valence-electron chi connectivity index (χ1n) is 3.88. The molecule has 2 nitrogen and oxygen atoms in total. The van der Waals surface area contributed by atoms with Crippen molar-refractivity contribution >= 4 is 23.6 Å². The number of hydrogen-bond acceptors (Lipinski definition) is 2. The highest BCUT2D eigenvalue weighted by atomic mass is 35.5. The van der Waals surface area contributed by atoms with Gasteiger partial charge in [-0.3, -0.25) is 4.99 Å². The maximum atomic E-state index is 5.85. The number of benzene rings is 1. The van der Waals surface area contributed by atoms with Gasteiger partial charge in [0.05, 0.1) is 12.9 Å². The van der Waals surface area contributed by atoms with Crippen molar-refractivity contribution in [3.8, 4) is 0 Å². The molecule has 0 N–H and O–H groups in total. The third-order valence-corrected chi connectivity index (χ3v) is 2.07. The summed E-state index contributed by atoms with van der Waals surface area (Å²) in [4.78, 5) is 6.22. The van der Waals surface area contributed by atoms with Crippen molar-refractivity contribution < 1.29 is 0 Å². The van der Waals surface area contributed by atoms with Gasteiger partial charge in [0.15, 0.2) is 0 Å². The van der Waals surface area contributed by atoms with E-state index in [0.29, 0.717) is 0 Å². The van der Waals surface area contributed by atoms with Gasteiger partial charge in [-0.2, -0.15) is 0 Å². The fourth-order valence-corrected chi connectivity index (χ4v) is 1.41. The summed E-state index contributed by atoms with van der Waals surface area (Å²) in [5.41, 5.74) is 1.11. The monoisotopic (exact) mass is 180 g/mol. The van der Waals surface area contributed by atoms with Crippen molar-refractivity contribution in [1.82, 2.24) is 0 Å². The normalized spacial score (nSPS) is 15.6. The van der Waals surface area contributed by atoms with E-state index in [-0.39, 0.29) is 0 Å². The van der Waals surface area contributed by atoms with Gasteiger partial charge in [0.1, 0.15) is 0 Å². The largest absolute Gasteiger partial charge is 0.331 e. The third kappa shape index (κ3) is 1.43. The van der Waals surface area contributed by atoms with Crippen molar-refractivity contribution in [2.75, 3.05) is 18.0 Å². The molecule has 0 aliphatic carbocycles. The van der Waals surface area contributed by atoms with Crippen LogP contribution in [0.5, 0.6) is 0 Å². The van der Waals surface area contributed by atoms with Gasteiger partial charge < -0.3 is 4.90 Å². The summed E-state index contributed by atoms with van der Waals surface area (Å²) in [5.74, 6) is 0. The van der Waals surface area contributed by atoms with Crippen LogP contribution in [0.2, 0.25) is 5.02 Å². The van der Waals surface area contributed by atoms with Crippen LogP contribution in [0.3, 0.4) is 0 Å². The Morgan fingerprint density at radius 3 is 3.00 bits per heavy atom. The molecular formula is C9H9ClN2. The van der Waals surface area contributed by atoms with E-state index in [0.717, 1.165) is 23.8 Å². The average Bonchev–Trinajstić information content (AvgIpc) is 2.56. The minimum Gasteiger partial charge on any atom is -0.331 e. The first-order valence-corrected chi connectivity index (χ1v) is 4.26. The van der Waals surface area contributed by atoms with Crippen molar-refractivity contribution in [3.63, 3.8) is 0 Å². The molecule has 1 aromatic rings. The fraction of sp³-hybridized carbons (Fsp3) is 0.222. The lowest BCUT2D eigenvalue weighted by molar-refractivity contribution is 1.02. The molecule has 0 radical (unpaired) electrons. The zero-order chi connectivity index (χ0) is 8.39. The number of nitrogens with zero attached hydrogens (tertiary/aromatic N) is 2. The smallest absolute Gasteiger partial charge is 0.0895 e. The lowest BCUT2D eigenvalue weighted by Crippen LogP contribution is -2.17. The van der Waals surface area contributed by atoms with Crippen LogP contribution < -0.4 is 4.90 Å². The predicted molar refractivity (Wildman–Crippen MR) is 52.2 cm³/mol. The summed E-state index contributed by atoms with van der Waals surface area (Å²) in [6, 6.07) is 7.80. The van der Waals surface area contributed by atoms with Crippen LogP contribution >= 0.6 is 11.6 Å². The average molecular weight is 181 g/mol. The summed E-state index contributed by atoms with van der Waals surface area (Å²) in [5, 5.41) is 0.771. The van der Waals surface area contributed by atoms with Gasteiger partial charge in [-0.1, -0.05) is 17.7 Å². The second kappa shape index (κ2) is 3.15. The fourth-order valence-electron chi connectivity index (χ4n) is 1.23. The molecule has 0 saturated carbocycles. The third-order valence-electron chi connectivity index (χ3n) is 1.83. The minimum atomic E-state index is 0.771. The Bertz CT molecular complexity index is 309. The van der Waals surface area contributed by atoms with Gasteiger partial charge in [0, 0.05) is 17.3 Å². The van der Waals surface area contributed by atoms with Gasteiger partial charge >= 0.3 is 0 Å². The molecule has 1 aliphatic rings. The van der Waals surface area contributed by atoms with Gasteiger partial charge in [-0.05, 0) is 18.2 Å². The number of rotatable bonds is 1. The van der Waals surface area contributed by atoms with E-state index in [4.69, 9.17) is 11.6 Å². The van der Waals surface area contributed by atoms with E-state index in [9.17, 15) is 0 Å². The maximum absolute atomic E-state index is 5.85. The molecule has 0 fully saturated rings. The maximum Gasteiger partial charge on any atom is 0.0895 e. The Balaban J connectivity index is 2.27. The van der Waals surface area contributed by atoms with Crippen LogP contribution in [0.4, 0.5) is 5.69 Å². The zero-order valence-corrected chi connectivity index (χ0v) is 7.33. The minimum absolute atomic E-state index is 0.771. The number of anilines is 1. The zero-order valence-electron chi connectivity index (χ0n) is 6.57. The first-order chi connectivity index (χ1) is 5.86. The van der Waals surface area contributed by atoms with E-state index in [1.165, 1.54) is 0 Å². The molecular weight excluding hydrogens is 172 g/mol. The van der Waals surface area contributed by atoms with Gasteiger partial charge in [0.25, 0.3) is 0 Å². The van der Waals surface area contributed by atoms with E-state index in [2.05, 4.69) is 9.89 Å². The molecule has 0 amide bonds. The molecule has 1 aromatic carbocycles. The second-order valence-electron chi connectivity index (χ2n) is 2.69. The highest BCUT2D eigenvalue weighted by Gasteiger charge is 2.07. The first kappa shape index (κ1) is 7.62. The van der Waals surface area contributed by atoms with E-state index < -0.39 is 0 Å². The van der Waals surface area contributed by atoms with Crippen LogP contribution in [-0.2, 0) is 0 Å². The lowest BCUT2D eigenvalue weighted by Gasteiger charge is -2.13. The predicted octanol–water partition coefficient (Wildman–Crippen LogP) is 2.19. The Morgan fingerprint density at radius 2 is 2.33 bits per heavy atom. The van der Waals surface area contributed by atoms with Gasteiger partial charge in [-0.15, -0.1) is 0 Å². The number of halogens is 1. The van der Waals surface area contributed by atoms with Crippen molar-refractivity contribution in [1.29, 1.82) is 0 Å². The highest BCUT2D eigenvalue weighted by Crippen LogP contribution is 2.19. The molecule has 0 aromatic heterocycles. The molecule has 0 unspecified atom stereocenters. The van der Waals surface area contributed by atoms with Crippen molar-refractivity contribution in [2.45, 2.75) is 0 Å². The van der Waals surface area contributed by atoms with Gasteiger partial charge in [0.2, 0.25) is 0 Å². The quantitative estimate of drug-likeness (QED) is 0.647. The summed E-state index contributed by atoms with van der Waals surface area (Å²) in [6.07, 6.45) is 1.85. The topological polar surface area (TPSA) is 15.6 Å². The van der Waals surface area contributed by atoms with E-state index >= 15 is 0 Å². The Morgan fingerprint density at radius 1 is 1.42 bits per heavy atom. The number of aliphatic imine (C=N–C) groups is 1. The molecule has 0 bridgehead atoms. The highest BCUT2D eigenvalue weighted by molar-refractivity contribution is 6.30. The van der Waals surface area contributed by atoms with E-state index in [1.807, 2.05) is 30.6 Å². The Labute approximate surface area is 76.5 Å². The molecule has 62 valence electrons. The van der Waals surface area contributed by atoms with Crippen molar-refractivity contribution in [2.24, 2.45) is 4.99 Å². The SMILES string of the molecule is Clc1cccc(N2C=NCC2)c1. The van der Waals surface area contributed by atoms with Crippen molar-refractivity contribution in [3.05, 3.63) is 29.3 Å². The Hall–Kier alpha value is -1.02. The standard InChI is InChI=1S/C9H9ClN2/c10-8-2-1-3-9(6-8)12-5-4-11-7-12/h1-3,6-7H,4-5H2. The molecule has 1 aliphatic heterocycles. The summed E-state index contributed by atoms with van der Waals surface area (Å²) < 4.78 is 0. The Kier molecular flexibility index (Phi) is 2.00. The van der Waals surface area contributed by atoms with Crippen LogP contribution in [0.25, 0.3) is 0 Å². The molecule has 3 heteroatoms. The molecule has 0 saturated heterocycles. The van der Waals surface area contributed by atoms with Gasteiger partial charge in [-0.25, -0.2) is 0 Å². The molecule has 2 rings (SSSR count). The van der Waals surface area contributed by atoms with Crippen LogP contribution in [-0.4, -0.2) is 19.4 Å². The van der Waals surface area contributed by atoms with Crippen LogP contribution in [0, 0.1) is 0 Å². The lowest BCUT2D eigenvalue weighted by atomic mass is 10.3. The molecule has 0 atom stereocenters. The summed E-state index contributed by atoms with van der Waals surface area (Å²) in [7, 11) is 0. The summed E-state index contributed by atoms with van der Waals surface area (Å²) in [6.45, 7) is 1.84. The van der Waals surface area contributed by atoms with Crippen LogP contribution in [0.1, 0.15) is 0 Å².